The minimum absolute atomic E-state index is 0.0536. The molecule has 0 radical (unpaired) electrons. The van der Waals surface area contributed by atoms with Crippen LogP contribution in [0.4, 0.5) is 8.78 Å². The molecule has 1 spiro atoms. The molecule has 6 rings (SSSR count). The third-order valence-electron chi connectivity index (χ3n) is 11.0. The van der Waals surface area contributed by atoms with Gasteiger partial charge < -0.3 is 15.0 Å². The van der Waals surface area contributed by atoms with Gasteiger partial charge in [-0.3, -0.25) is 14.5 Å². The second-order valence-electron chi connectivity index (χ2n) is 14.1. The SMILES string of the molecule is CC(=O)NC(C)(C)[C@@H]1CC2(CCN(C(=O)[C@@H]3CN(C4CCOCC4)C[C@H]3c3ccc(F)cc3F)CC2)c2cc(Cl)c(C)cc21. The van der Waals surface area contributed by atoms with Crippen LogP contribution in [0.5, 0.6) is 0 Å². The van der Waals surface area contributed by atoms with Crippen molar-refractivity contribution in [3.05, 3.63) is 69.2 Å². The summed E-state index contributed by atoms with van der Waals surface area (Å²) in [6.45, 7) is 11.5. The van der Waals surface area contributed by atoms with Gasteiger partial charge >= 0.3 is 0 Å². The molecule has 0 saturated carbocycles. The van der Waals surface area contributed by atoms with Crippen molar-refractivity contribution in [2.24, 2.45) is 5.92 Å². The molecule has 44 heavy (non-hydrogen) atoms. The van der Waals surface area contributed by atoms with Crippen LogP contribution in [0.3, 0.4) is 0 Å². The highest BCUT2D eigenvalue weighted by Gasteiger charge is 2.52. The molecule has 2 aromatic carbocycles. The van der Waals surface area contributed by atoms with Crippen LogP contribution in [0.15, 0.2) is 30.3 Å². The smallest absolute Gasteiger partial charge is 0.227 e. The zero-order valence-electron chi connectivity index (χ0n) is 26.2. The third-order valence-corrected chi connectivity index (χ3v) is 11.4. The van der Waals surface area contributed by atoms with E-state index >= 15 is 4.39 Å². The molecule has 1 N–H and O–H groups in total. The number of piperidine rings is 1. The number of halogens is 3. The summed E-state index contributed by atoms with van der Waals surface area (Å²) >= 11 is 6.68. The molecule has 0 unspecified atom stereocenters. The van der Waals surface area contributed by atoms with Gasteiger partial charge in [0.15, 0.2) is 0 Å². The molecule has 4 aliphatic rings. The highest BCUT2D eigenvalue weighted by atomic mass is 35.5. The van der Waals surface area contributed by atoms with Gasteiger partial charge in [0.1, 0.15) is 11.6 Å². The Balaban J connectivity index is 1.24. The van der Waals surface area contributed by atoms with E-state index in [0.717, 1.165) is 48.8 Å². The summed E-state index contributed by atoms with van der Waals surface area (Å²) in [5.41, 5.74) is 3.33. The first-order valence-electron chi connectivity index (χ1n) is 16.0. The van der Waals surface area contributed by atoms with Gasteiger partial charge in [0.2, 0.25) is 11.8 Å². The van der Waals surface area contributed by atoms with Gasteiger partial charge in [-0.1, -0.05) is 23.7 Å². The number of hydrogen-bond donors (Lipinski definition) is 1. The molecule has 1 aliphatic carbocycles. The second-order valence-corrected chi connectivity index (χ2v) is 14.5. The second kappa shape index (κ2) is 12.0. The first-order chi connectivity index (χ1) is 20.9. The lowest BCUT2D eigenvalue weighted by atomic mass is 9.71. The molecule has 0 bridgehead atoms. The zero-order chi connectivity index (χ0) is 31.4. The highest BCUT2D eigenvalue weighted by molar-refractivity contribution is 6.31. The quantitative estimate of drug-likeness (QED) is 0.436. The molecule has 9 heteroatoms. The molecule has 3 heterocycles. The molecule has 3 aliphatic heterocycles. The Hall–Kier alpha value is -2.55. The molecule has 3 atom stereocenters. The summed E-state index contributed by atoms with van der Waals surface area (Å²) in [4.78, 5) is 30.7. The Morgan fingerprint density at radius 1 is 1.05 bits per heavy atom. The van der Waals surface area contributed by atoms with E-state index in [0.29, 0.717) is 51.0 Å². The Bertz CT molecular complexity index is 1430. The number of hydrogen-bond acceptors (Lipinski definition) is 4. The Kier molecular flexibility index (Phi) is 8.57. The molecular formula is C35H44ClF2N3O3. The lowest BCUT2D eigenvalue weighted by Crippen LogP contribution is -2.49. The van der Waals surface area contributed by atoms with Crippen molar-refractivity contribution < 1.29 is 23.1 Å². The molecule has 238 valence electrons. The lowest BCUT2D eigenvalue weighted by Gasteiger charge is -2.42. The number of aryl methyl sites for hydroxylation is 1. The largest absolute Gasteiger partial charge is 0.381 e. The van der Waals surface area contributed by atoms with E-state index in [1.165, 1.54) is 23.3 Å². The number of ether oxygens (including phenoxy) is 1. The molecule has 6 nitrogen and oxygen atoms in total. The van der Waals surface area contributed by atoms with Crippen LogP contribution in [0.2, 0.25) is 5.02 Å². The minimum atomic E-state index is -0.609. The lowest BCUT2D eigenvalue weighted by molar-refractivity contribution is -0.137. The Labute approximate surface area is 264 Å². The number of carbonyl (C=O) groups is 2. The first kappa shape index (κ1) is 31.4. The molecule has 0 aromatic heterocycles. The van der Waals surface area contributed by atoms with Crippen molar-refractivity contribution in [2.75, 3.05) is 39.4 Å². The summed E-state index contributed by atoms with van der Waals surface area (Å²) in [6, 6.07) is 8.34. The van der Waals surface area contributed by atoms with Crippen molar-refractivity contribution in [3.8, 4) is 0 Å². The molecule has 3 fully saturated rings. The van der Waals surface area contributed by atoms with Crippen molar-refractivity contribution >= 4 is 23.4 Å². The maximum atomic E-state index is 15.1. The van der Waals surface area contributed by atoms with Crippen LogP contribution in [0.25, 0.3) is 0 Å². The molecule has 2 aromatic rings. The number of nitrogens with one attached hydrogen (secondary N) is 1. The van der Waals surface area contributed by atoms with Gasteiger partial charge in [0.25, 0.3) is 0 Å². The Morgan fingerprint density at radius 3 is 2.41 bits per heavy atom. The van der Waals surface area contributed by atoms with E-state index in [1.807, 2.05) is 11.8 Å². The normalized spacial score (nSPS) is 25.8. The van der Waals surface area contributed by atoms with E-state index in [2.05, 4.69) is 36.2 Å². The topological polar surface area (TPSA) is 61.9 Å². The summed E-state index contributed by atoms with van der Waals surface area (Å²) < 4.78 is 34.5. The van der Waals surface area contributed by atoms with Gasteiger partial charge in [-0.15, -0.1) is 0 Å². The maximum Gasteiger partial charge on any atom is 0.227 e. The number of nitrogens with zero attached hydrogens (tertiary/aromatic N) is 2. The van der Waals surface area contributed by atoms with E-state index in [1.54, 1.807) is 6.92 Å². The van der Waals surface area contributed by atoms with Crippen LogP contribution >= 0.6 is 11.6 Å². The molecule has 2 amide bonds. The van der Waals surface area contributed by atoms with E-state index in [9.17, 15) is 14.0 Å². The van der Waals surface area contributed by atoms with Crippen molar-refractivity contribution in [3.63, 3.8) is 0 Å². The fraction of sp³-hybridized carbons (Fsp3) is 0.600. The van der Waals surface area contributed by atoms with E-state index in [-0.39, 0.29) is 29.1 Å². The monoisotopic (exact) mass is 627 g/mol. The van der Waals surface area contributed by atoms with Crippen molar-refractivity contribution in [1.29, 1.82) is 0 Å². The third kappa shape index (κ3) is 5.78. The van der Waals surface area contributed by atoms with Gasteiger partial charge in [-0.25, -0.2) is 8.78 Å². The van der Waals surface area contributed by atoms with Crippen molar-refractivity contribution in [2.45, 2.75) is 88.6 Å². The fourth-order valence-corrected chi connectivity index (χ4v) is 8.82. The summed E-state index contributed by atoms with van der Waals surface area (Å²) in [6.07, 6.45) is 4.25. The van der Waals surface area contributed by atoms with Crippen LogP contribution in [0.1, 0.15) is 87.0 Å². The number of benzene rings is 2. The predicted octanol–water partition coefficient (Wildman–Crippen LogP) is 6.08. The van der Waals surface area contributed by atoms with Gasteiger partial charge in [0.05, 0.1) is 5.92 Å². The molecular weight excluding hydrogens is 584 g/mol. The fourth-order valence-electron chi connectivity index (χ4n) is 8.66. The number of likely N-dealkylation sites (tertiary alicyclic amines) is 2. The van der Waals surface area contributed by atoms with E-state index < -0.39 is 23.1 Å². The molecule has 3 saturated heterocycles. The standard InChI is InChI=1S/C35H44ClF2N3O3/c1-21-15-26-29(17-31(21)36)35(18-30(26)34(3,4)39-22(2)42)9-11-40(12-10-35)33(43)28-20-41(24-7-13-44-14-8-24)19-27(28)25-6-5-23(37)16-32(25)38/h5-6,15-17,24,27-28,30H,7-14,18-20H2,1-4H3,(H,39,42)/t27-,28+,30+/m0/s1. The van der Waals surface area contributed by atoms with Crippen LogP contribution in [-0.2, 0) is 19.7 Å². The van der Waals surface area contributed by atoms with Gasteiger partial charge in [-0.2, -0.15) is 0 Å². The van der Waals surface area contributed by atoms with Crippen LogP contribution in [-0.4, -0.2) is 72.6 Å². The number of fused-ring (bicyclic) bond motifs is 2. The minimum Gasteiger partial charge on any atom is -0.381 e. The maximum absolute atomic E-state index is 15.1. The average Bonchev–Trinajstić information content (AvgIpc) is 3.54. The van der Waals surface area contributed by atoms with Crippen molar-refractivity contribution in [1.82, 2.24) is 15.1 Å². The zero-order valence-corrected chi connectivity index (χ0v) is 27.0. The Morgan fingerprint density at radius 2 is 1.75 bits per heavy atom. The predicted molar refractivity (Wildman–Crippen MR) is 167 cm³/mol. The average molecular weight is 628 g/mol. The summed E-state index contributed by atoms with van der Waals surface area (Å²) in [5, 5.41) is 3.92. The number of rotatable bonds is 5. The number of amides is 2. The highest BCUT2D eigenvalue weighted by Crippen LogP contribution is 2.56. The first-order valence-corrected chi connectivity index (χ1v) is 16.4. The van der Waals surface area contributed by atoms with Gasteiger partial charge in [-0.05, 0) is 92.7 Å². The number of carbonyl (C=O) groups excluding carboxylic acids is 2. The van der Waals surface area contributed by atoms with E-state index in [4.69, 9.17) is 16.3 Å². The van der Waals surface area contributed by atoms with Gasteiger partial charge in [0, 0.05) is 80.8 Å². The van der Waals surface area contributed by atoms with Crippen LogP contribution < -0.4 is 5.32 Å². The summed E-state index contributed by atoms with van der Waals surface area (Å²) in [7, 11) is 0. The van der Waals surface area contributed by atoms with Crippen LogP contribution in [0, 0.1) is 24.5 Å². The summed E-state index contributed by atoms with van der Waals surface area (Å²) in [5.74, 6) is -1.80.